The molecule has 0 unspecified atom stereocenters. The maximum Gasteiger partial charge on any atom is 0.0920 e. The van der Waals surface area contributed by atoms with E-state index >= 15 is 0 Å². The minimum absolute atomic E-state index is 0.0882. The maximum absolute atomic E-state index is 13.3. The van der Waals surface area contributed by atoms with Gasteiger partial charge in [-0.3, -0.25) is 0 Å². The van der Waals surface area contributed by atoms with Crippen LogP contribution in [0.15, 0.2) is 39.6 Å². The molecule has 3 atom stereocenters. The van der Waals surface area contributed by atoms with Gasteiger partial charge < -0.3 is 5.11 Å². The number of hydrogen-bond donors (Lipinski definition) is 1. The van der Waals surface area contributed by atoms with Crippen molar-refractivity contribution in [2.24, 2.45) is 4.36 Å². The van der Waals surface area contributed by atoms with Crippen LogP contribution in [0.25, 0.3) is 0 Å². The van der Waals surface area contributed by atoms with Gasteiger partial charge in [-0.2, -0.15) is 11.8 Å². The molecule has 2 aliphatic rings. The standard InChI is InChI=1S/C16H23NO2S2/c1-17-21(19,14-7-3-2-4-8-14)13-15(18)9-5-10-16(15)11-6-12-20-16/h2-4,7-8,18H,5-6,9-13H2,1H3/t15-,16-,21+/m0/s1. The van der Waals surface area contributed by atoms with Crippen molar-refractivity contribution in [2.45, 2.75) is 47.3 Å². The lowest BCUT2D eigenvalue weighted by Crippen LogP contribution is -2.50. The second-order valence-electron chi connectivity index (χ2n) is 6.11. The minimum Gasteiger partial charge on any atom is -0.387 e. The second kappa shape index (κ2) is 5.60. The molecule has 3 nitrogen and oxygen atoms in total. The van der Waals surface area contributed by atoms with Crippen LogP contribution in [-0.2, 0) is 9.73 Å². The first kappa shape index (κ1) is 15.4. The third kappa shape index (κ3) is 2.53. The molecule has 1 saturated heterocycles. The molecular weight excluding hydrogens is 302 g/mol. The summed E-state index contributed by atoms with van der Waals surface area (Å²) in [5.74, 6) is 1.38. The summed E-state index contributed by atoms with van der Waals surface area (Å²) in [5, 5.41) is 11.3. The molecule has 0 bridgehead atoms. The summed E-state index contributed by atoms with van der Waals surface area (Å²) >= 11 is 1.89. The second-order valence-corrected chi connectivity index (χ2v) is 10.00. The van der Waals surface area contributed by atoms with Crippen molar-refractivity contribution in [3.8, 4) is 0 Å². The van der Waals surface area contributed by atoms with Crippen LogP contribution in [-0.4, -0.2) is 38.2 Å². The van der Waals surface area contributed by atoms with Gasteiger partial charge in [0.1, 0.15) is 0 Å². The average molecular weight is 325 g/mol. The predicted octanol–water partition coefficient (Wildman–Crippen LogP) is 3.32. The summed E-state index contributed by atoms with van der Waals surface area (Å²) in [4.78, 5) is 0.742. The van der Waals surface area contributed by atoms with Gasteiger partial charge in [0.2, 0.25) is 0 Å². The number of benzene rings is 1. The molecule has 0 radical (unpaired) electrons. The SMILES string of the molecule is CN=[S@@](=O)(C[C@@]1(O)CCC[C@]12CCCS2)c1ccccc1. The Hall–Kier alpha value is -0.520. The van der Waals surface area contributed by atoms with Crippen molar-refractivity contribution in [3.05, 3.63) is 30.3 Å². The quantitative estimate of drug-likeness (QED) is 0.927. The van der Waals surface area contributed by atoms with Crippen LogP contribution in [0.1, 0.15) is 32.1 Å². The lowest BCUT2D eigenvalue weighted by atomic mass is 9.88. The van der Waals surface area contributed by atoms with E-state index in [0.29, 0.717) is 0 Å². The van der Waals surface area contributed by atoms with Crippen LogP contribution in [0.2, 0.25) is 0 Å². The Balaban J connectivity index is 1.96. The summed E-state index contributed by atoms with van der Waals surface area (Å²) in [6.45, 7) is 0. The van der Waals surface area contributed by atoms with E-state index in [1.54, 1.807) is 7.05 Å². The Morgan fingerprint density at radius 2 is 1.95 bits per heavy atom. The van der Waals surface area contributed by atoms with Gasteiger partial charge in [-0.1, -0.05) is 18.2 Å². The topological polar surface area (TPSA) is 49.7 Å². The van der Waals surface area contributed by atoms with E-state index in [1.165, 1.54) is 0 Å². The van der Waals surface area contributed by atoms with E-state index in [9.17, 15) is 9.32 Å². The fourth-order valence-electron chi connectivity index (χ4n) is 3.80. The van der Waals surface area contributed by atoms with Crippen molar-refractivity contribution in [3.63, 3.8) is 0 Å². The van der Waals surface area contributed by atoms with Gasteiger partial charge in [-0.25, -0.2) is 8.57 Å². The maximum atomic E-state index is 13.3. The predicted molar refractivity (Wildman–Crippen MR) is 89.3 cm³/mol. The van der Waals surface area contributed by atoms with Crippen molar-refractivity contribution in [2.75, 3.05) is 18.6 Å². The normalized spacial score (nSPS) is 35.0. The Labute approximate surface area is 131 Å². The fourth-order valence-corrected chi connectivity index (χ4v) is 7.75. The minimum atomic E-state index is -2.55. The van der Waals surface area contributed by atoms with E-state index in [4.69, 9.17) is 0 Å². The highest BCUT2D eigenvalue weighted by atomic mass is 32.2. The van der Waals surface area contributed by atoms with Crippen molar-refractivity contribution < 1.29 is 9.32 Å². The fraction of sp³-hybridized carbons (Fsp3) is 0.625. The molecule has 116 valence electrons. The van der Waals surface area contributed by atoms with E-state index in [2.05, 4.69) is 4.36 Å². The van der Waals surface area contributed by atoms with Crippen LogP contribution in [0.5, 0.6) is 0 Å². The Morgan fingerprint density at radius 3 is 2.57 bits per heavy atom. The molecule has 1 aliphatic heterocycles. The summed E-state index contributed by atoms with van der Waals surface area (Å²) in [6.07, 6.45) is 5.02. The summed E-state index contributed by atoms with van der Waals surface area (Å²) in [7, 11) is -0.936. The van der Waals surface area contributed by atoms with E-state index in [0.717, 1.165) is 42.8 Å². The van der Waals surface area contributed by atoms with E-state index < -0.39 is 15.3 Å². The molecule has 0 aromatic heterocycles. The van der Waals surface area contributed by atoms with Crippen molar-refractivity contribution in [1.29, 1.82) is 0 Å². The van der Waals surface area contributed by atoms with E-state index in [-0.39, 0.29) is 10.5 Å². The largest absolute Gasteiger partial charge is 0.387 e. The number of thioether (sulfide) groups is 1. The van der Waals surface area contributed by atoms with Crippen molar-refractivity contribution in [1.82, 2.24) is 0 Å². The molecular formula is C16H23NO2S2. The zero-order chi connectivity index (χ0) is 15.0. The van der Waals surface area contributed by atoms with Gasteiger partial charge in [-0.05, 0) is 50.0 Å². The molecule has 2 fully saturated rings. The molecule has 0 amide bonds. The number of aliphatic hydroxyl groups is 1. The van der Waals surface area contributed by atoms with Gasteiger partial charge in [0.05, 0.1) is 21.1 Å². The molecule has 1 aromatic rings. The lowest BCUT2D eigenvalue weighted by molar-refractivity contribution is 0.0407. The summed E-state index contributed by atoms with van der Waals surface area (Å²) in [6, 6.07) is 9.42. The van der Waals surface area contributed by atoms with Crippen LogP contribution < -0.4 is 0 Å². The highest BCUT2D eigenvalue weighted by molar-refractivity contribution is 8.01. The zero-order valence-corrected chi connectivity index (χ0v) is 14.1. The van der Waals surface area contributed by atoms with Crippen LogP contribution >= 0.6 is 11.8 Å². The summed E-state index contributed by atoms with van der Waals surface area (Å²) in [5.41, 5.74) is -0.847. The van der Waals surface area contributed by atoms with Crippen molar-refractivity contribution >= 4 is 21.5 Å². The first-order valence-electron chi connectivity index (χ1n) is 7.58. The third-order valence-electron chi connectivity index (χ3n) is 4.96. The Morgan fingerprint density at radius 1 is 1.24 bits per heavy atom. The Kier molecular flexibility index (Phi) is 4.10. The first-order valence-corrected chi connectivity index (χ1v) is 10.3. The molecule has 5 heteroatoms. The molecule has 3 rings (SSSR count). The molecule has 1 heterocycles. The van der Waals surface area contributed by atoms with Crippen LogP contribution in [0.3, 0.4) is 0 Å². The zero-order valence-electron chi connectivity index (χ0n) is 12.5. The van der Waals surface area contributed by atoms with Crippen LogP contribution in [0.4, 0.5) is 0 Å². The van der Waals surface area contributed by atoms with Gasteiger partial charge >= 0.3 is 0 Å². The molecule has 1 N–H and O–H groups in total. The van der Waals surface area contributed by atoms with Crippen LogP contribution in [0, 0.1) is 0 Å². The molecule has 21 heavy (non-hydrogen) atoms. The highest BCUT2D eigenvalue weighted by Crippen LogP contribution is 2.56. The molecule has 1 saturated carbocycles. The number of rotatable bonds is 3. The Bertz CT molecular complexity index is 611. The smallest absolute Gasteiger partial charge is 0.0920 e. The summed E-state index contributed by atoms with van der Waals surface area (Å²) < 4.78 is 17.4. The molecule has 1 aromatic carbocycles. The van der Waals surface area contributed by atoms with Gasteiger partial charge in [-0.15, -0.1) is 0 Å². The number of nitrogens with zero attached hydrogens (tertiary/aromatic N) is 1. The molecule has 1 aliphatic carbocycles. The van der Waals surface area contributed by atoms with Gasteiger partial charge in [0.15, 0.2) is 0 Å². The lowest BCUT2D eigenvalue weighted by Gasteiger charge is -2.39. The highest BCUT2D eigenvalue weighted by Gasteiger charge is 2.56. The average Bonchev–Trinajstić information content (AvgIpc) is 3.09. The number of hydrogen-bond acceptors (Lipinski definition) is 4. The monoisotopic (exact) mass is 325 g/mol. The van der Waals surface area contributed by atoms with Gasteiger partial charge in [0, 0.05) is 16.7 Å². The van der Waals surface area contributed by atoms with E-state index in [1.807, 2.05) is 42.1 Å². The molecule has 1 spiro atoms. The third-order valence-corrected chi connectivity index (χ3v) is 9.26. The first-order chi connectivity index (χ1) is 10.0. The van der Waals surface area contributed by atoms with Gasteiger partial charge in [0.25, 0.3) is 0 Å².